The summed E-state index contributed by atoms with van der Waals surface area (Å²) in [6.45, 7) is 12.1. The van der Waals surface area contributed by atoms with Crippen LogP contribution in [0.4, 0.5) is 5.69 Å². The van der Waals surface area contributed by atoms with Gasteiger partial charge in [0.05, 0.1) is 35.8 Å². The zero-order chi connectivity index (χ0) is 30.9. The Morgan fingerprint density at radius 1 is 0.977 bits per heavy atom. The smallest absolute Gasteiger partial charge is 0.247 e. The van der Waals surface area contributed by atoms with Crippen molar-refractivity contribution < 1.29 is 24.2 Å². The van der Waals surface area contributed by atoms with Gasteiger partial charge in [-0.2, -0.15) is 0 Å². The highest BCUT2D eigenvalue weighted by molar-refractivity contribution is 8.02. The second-order valence-corrected chi connectivity index (χ2v) is 14.7. The zero-order valence-corrected chi connectivity index (χ0v) is 27.0. The lowest BCUT2D eigenvalue weighted by molar-refractivity contribution is -0.146. The molecule has 1 N–H and O–H groups in total. The number of anilines is 1. The van der Waals surface area contributed by atoms with E-state index in [0.717, 1.165) is 30.7 Å². The number of carbonyl (C=O) groups is 3. The minimum Gasteiger partial charge on any atom is -0.494 e. The van der Waals surface area contributed by atoms with E-state index in [-0.39, 0.29) is 30.2 Å². The third kappa shape index (κ3) is 5.52. The van der Waals surface area contributed by atoms with Gasteiger partial charge in [-0.15, -0.1) is 11.8 Å². The molecule has 2 fully saturated rings. The van der Waals surface area contributed by atoms with Gasteiger partial charge < -0.3 is 24.5 Å². The van der Waals surface area contributed by atoms with Crippen LogP contribution in [0.2, 0.25) is 0 Å². The van der Waals surface area contributed by atoms with Crippen LogP contribution in [0.15, 0.2) is 48.6 Å². The van der Waals surface area contributed by atoms with Crippen LogP contribution in [-0.2, 0) is 14.4 Å². The molecule has 9 heteroatoms. The van der Waals surface area contributed by atoms with E-state index in [1.165, 1.54) is 0 Å². The predicted molar refractivity (Wildman–Crippen MR) is 171 cm³/mol. The fraction of sp³-hybridized carbons (Fsp3) is 0.618. The van der Waals surface area contributed by atoms with Crippen molar-refractivity contribution in [2.75, 3.05) is 37.7 Å². The molecule has 0 radical (unpaired) electrons. The summed E-state index contributed by atoms with van der Waals surface area (Å²) in [6, 6.07) is 6.21. The summed E-state index contributed by atoms with van der Waals surface area (Å²) >= 11 is 1.59. The Hall–Kier alpha value is -2.78. The highest BCUT2D eigenvalue weighted by atomic mass is 32.2. The monoisotopic (exact) mass is 609 g/mol. The number of aliphatic hydroxyl groups is 1. The topological polar surface area (TPSA) is 90.4 Å². The molecule has 4 heterocycles. The molecule has 1 unspecified atom stereocenters. The van der Waals surface area contributed by atoms with Gasteiger partial charge in [0.2, 0.25) is 17.7 Å². The summed E-state index contributed by atoms with van der Waals surface area (Å²) in [5, 5.41) is 10.6. The van der Waals surface area contributed by atoms with Crippen molar-refractivity contribution in [1.82, 2.24) is 9.80 Å². The standard InChI is InChI=1S/C34H47N3O5S/c1-6-8-9-18-35-19-11-17-34-28(31(40)37(29(34)32(35)41)25(22-38)21-23(3)4)27-30(39)36(20-10-16-33(27,5)43-34)24-12-14-26(15-13-24)42-7-2/h10-17,23,25,27-29,38H,6-9,18-22H2,1-5H3/t25-,27+,28+,29?,33-,34+/m1/s1. The lowest BCUT2D eigenvalue weighted by Gasteiger charge is -2.40. The average molecular weight is 610 g/mol. The number of carbonyl (C=O) groups excluding carboxylic acids is 3. The van der Waals surface area contributed by atoms with Gasteiger partial charge in [0.25, 0.3) is 0 Å². The summed E-state index contributed by atoms with van der Waals surface area (Å²) in [4.78, 5) is 49.2. The van der Waals surface area contributed by atoms with Gasteiger partial charge in [0.15, 0.2) is 0 Å². The summed E-state index contributed by atoms with van der Waals surface area (Å²) in [7, 11) is 0. The molecule has 0 aliphatic carbocycles. The van der Waals surface area contributed by atoms with Crippen molar-refractivity contribution in [3.63, 3.8) is 0 Å². The minimum absolute atomic E-state index is 0.0773. The van der Waals surface area contributed by atoms with E-state index < -0.39 is 33.4 Å². The molecule has 6 atom stereocenters. The Bertz CT molecular complexity index is 1260. The van der Waals surface area contributed by atoms with Gasteiger partial charge in [-0.3, -0.25) is 14.4 Å². The first-order chi connectivity index (χ1) is 20.6. The van der Waals surface area contributed by atoms with Gasteiger partial charge in [0.1, 0.15) is 11.8 Å². The summed E-state index contributed by atoms with van der Waals surface area (Å²) in [6.07, 6.45) is 11.7. The van der Waals surface area contributed by atoms with Crippen LogP contribution >= 0.6 is 11.8 Å². The van der Waals surface area contributed by atoms with E-state index in [2.05, 4.69) is 32.9 Å². The molecule has 43 heavy (non-hydrogen) atoms. The molecule has 0 bridgehead atoms. The van der Waals surface area contributed by atoms with Gasteiger partial charge >= 0.3 is 0 Å². The number of hydrogen-bond donors (Lipinski definition) is 1. The zero-order valence-electron chi connectivity index (χ0n) is 26.2. The molecular formula is C34H47N3O5S. The normalized spacial score (nSPS) is 30.8. The van der Waals surface area contributed by atoms with Gasteiger partial charge in [-0.1, -0.05) is 57.9 Å². The quantitative estimate of drug-likeness (QED) is 0.290. The first-order valence-electron chi connectivity index (χ1n) is 15.9. The number of nitrogens with zero attached hydrogens (tertiary/aromatic N) is 3. The van der Waals surface area contributed by atoms with E-state index in [9.17, 15) is 19.5 Å². The minimum atomic E-state index is -0.917. The van der Waals surface area contributed by atoms with Gasteiger partial charge in [0, 0.05) is 30.1 Å². The molecule has 2 saturated heterocycles. The number of amides is 3. The number of unbranched alkanes of at least 4 members (excludes halogenated alkanes) is 2. The van der Waals surface area contributed by atoms with Crippen molar-refractivity contribution in [3.8, 4) is 5.75 Å². The van der Waals surface area contributed by atoms with Gasteiger partial charge in [-0.05, 0) is 56.9 Å². The maximum atomic E-state index is 14.8. The van der Waals surface area contributed by atoms with Crippen molar-refractivity contribution in [2.24, 2.45) is 17.8 Å². The van der Waals surface area contributed by atoms with E-state index in [4.69, 9.17) is 4.74 Å². The Morgan fingerprint density at radius 3 is 2.35 bits per heavy atom. The Balaban J connectivity index is 1.59. The number of rotatable bonds is 11. The van der Waals surface area contributed by atoms with Crippen molar-refractivity contribution in [2.45, 2.75) is 81.9 Å². The van der Waals surface area contributed by atoms with Gasteiger partial charge in [-0.25, -0.2) is 0 Å². The lowest BCUT2D eigenvalue weighted by atomic mass is 9.74. The van der Waals surface area contributed by atoms with E-state index in [0.29, 0.717) is 32.7 Å². The number of fused-ring (bicyclic) bond motifs is 2. The van der Waals surface area contributed by atoms with E-state index in [1.54, 1.807) is 21.6 Å². The second-order valence-electron chi connectivity index (χ2n) is 12.9. The van der Waals surface area contributed by atoms with Crippen molar-refractivity contribution >= 4 is 35.2 Å². The SMILES string of the molecule is CCCCCN1CC=C[C@]23S[C@]4(C)C=CCN(c5ccc(OCC)cc5)C(=O)[C@@H]4[C@H]2C(=O)N([C@@H](CO)CC(C)C)C3C1=O. The number of likely N-dealkylation sites (tertiary alicyclic amines) is 1. The molecule has 8 nitrogen and oxygen atoms in total. The van der Waals surface area contributed by atoms with Crippen LogP contribution in [0, 0.1) is 17.8 Å². The average Bonchev–Trinajstić information content (AvgIpc) is 3.25. The maximum absolute atomic E-state index is 14.8. The Kier molecular flexibility index (Phi) is 9.33. The van der Waals surface area contributed by atoms with Crippen LogP contribution in [0.3, 0.4) is 0 Å². The molecule has 3 amide bonds. The molecule has 1 aromatic carbocycles. The third-order valence-corrected chi connectivity index (χ3v) is 11.2. The molecule has 1 spiro atoms. The predicted octanol–water partition coefficient (Wildman–Crippen LogP) is 4.67. The Labute approximate surface area is 260 Å². The highest BCUT2D eigenvalue weighted by Gasteiger charge is 2.74. The molecule has 5 rings (SSSR count). The molecule has 4 aliphatic heterocycles. The molecule has 4 aliphatic rings. The van der Waals surface area contributed by atoms with Crippen molar-refractivity contribution in [1.29, 1.82) is 0 Å². The second kappa shape index (κ2) is 12.7. The number of aliphatic hydroxyl groups excluding tert-OH is 1. The molecule has 234 valence electrons. The third-order valence-electron chi connectivity index (χ3n) is 9.42. The molecule has 0 saturated carbocycles. The lowest BCUT2D eigenvalue weighted by Crippen LogP contribution is -2.57. The number of thioether (sulfide) groups is 1. The first kappa shape index (κ1) is 31.6. The van der Waals surface area contributed by atoms with Crippen LogP contribution in [0.5, 0.6) is 5.75 Å². The summed E-state index contributed by atoms with van der Waals surface area (Å²) in [5.74, 6) is -0.848. The fourth-order valence-electron chi connectivity index (χ4n) is 7.60. The van der Waals surface area contributed by atoms with E-state index in [1.807, 2.05) is 55.2 Å². The molecule has 0 aromatic heterocycles. The first-order valence-corrected chi connectivity index (χ1v) is 16.7. The molecular weight excluding hydrogens is 562 g/mol. The molecule has 1 aromatic rings. The largest absolute Gasteiger partial charge is 0.494 e. The van der Waals surface area contributed by atoms with Crippen LogP contribution in [0.1, 0.15) is 60.3 Å². The summed E-state index contributed by atoms with van der Waals surface area (Å²) < 4.78 is 4.01. The van der Waals surface area contributed by atoms with Crippen LogP contribution in [0.25, 0.3) is 0 Å². The number of benzene rings is 1. The number of ether oxygens (including phenoxy) is 1. The highest BCUT2D eigenvalue weighted by Crippen LogP contribution is 2.66. The fourth-order valence-corrected chi connectivity index (χ4v) is 9.74. The van der Waals surface area contributed by atoms with Crippen molar-refractivity contribution in [3.05, 3.63) is 48.6 Å². The Morgan fingerprint density at radius 2 is 1.70 bits per heavy atom. The van der Waals surface area contributed by atoms with E-state index >= 15 is 0 Å². The summed E-state index contributed by atoms with van der Waals surface area (Å²) in [5.41, 5.74) is 0.745. The maximum Gasteiger partial charge on any atom is 0.247 e. The van der Waals surface area contributed by atoms with Crippen LogP contribution in [-0.4, -0.2) is 87.1 Å². The van der Waals surface area contributed by atoms with Crippen LogP contribution < -0.4 is 9.64 Å². The number of hydrogen-bond acceptors (Lipinski definition) is 6.